The number of benzene rings is 2. The standard InChI is InChI=1S/C20H19FN2O3/c1-20(2,13-3-5-14(21)6-4-13)11-23-15-7-12-8-16(19(25)26)18(24)9-17(12)22-10-15/h3-10,23-24H,11H2,1-2H3,(H,25,26). The lowest BCUT2D eigenvalue weighted by molar-refractivity contribution is 0.0694. The number of halogens is 1. The van der Waals surface area contributed by atoms with Crippen molar-refractivity contribution in [3.63, 3.8) is 0 Å². The van der Waals surface area contributed by atoms with Gasteiger partial charge in [0.2, 0.25) is 0 Å². The third-order valence-electron chi connectivity index (χ3n) is 4.39. The van der Waals surface area contributed by atoms with Crippen LogP contribution in [-0.2, 0) is 5.41 Å². The van der Waals surface area contributed by atoms with Gasteiger partial charge in [-0.3, -0.25) is 4.98 Å². The quantitative estimate of drug-likeness (QED) is 0.641. The Morgan fingerprint density at radius 1 is 1.19 bits per heavy atom. The van der Waals surface area contributed by atoms with Crippen molar-refractivity contribution >= 4 is 22.6 Å². The lowest BCUT2D eigenvalue weighted by atomic mass is 9.84. The Labute approximate surface area is 150 Å². The molecule has 0 saturated carbocycles. The van der Waals surface area contributed by atoms with Gasteiger partial charge in [-0.25, -0.2) is 9.18 Å². The summed E-state index contributed by atoms with van der Waals surface area (Å²) in [5.74, 6) is -1.77. The highest BCUT2D eigenvalue weighted by atomic mass is 19.1. The van der Waals surface area contributed by atoms with Crippen molar-refractivity contribution in [1.82, 2.24) is 4.98 Å². The first-order valence-electron chi connectivity index (χ1n) is 8.12. The maximum Gasteiger partial charge on any atom is 0.339 e. The zero-order valence-electron chi connectivity index (χ0n) is 14.5. The molecule has 0 bridgehead atoms. The monoisotopic (exact) mass is 354 g/mol. The van der Waals surface area contributed by atoms with Crippen LogP contribution in [0.1, 0.15) is 29.8 Å². The molecule has 0 radical (unpaired) electrons. The zero-order valence-corrected chi connectivity index (χ0v) is 14.5. The number of rotatable bonds is 5. The highest BCUT2D eigenvalue weighted by Crippen LogP contribution is 2.27. The van der Waals surface area contributed by atoms with Crippen LogP contribution in [0.2, 0.25) is 0 Å². The number of aromatic carboxylic acids is 1. The number of carbonyl (C=O) groups is 1. The summed E-state index contributed by atoms with van der Waals surface area (Å²) in [5, 5.41) is 22.8. The summed E-state index contributed by atoms with van der Waals surface area (Å²) in [6, 6.07) is 10.9. The van der Waals surface area contributed by atoms with Crippen LogP contribution in [0.25, 0.3) is 10.9 Å². The van der Waals surface area contributed by atoms with Gasteiger partial charge < -0.3 is 15.5 Å². The summed E-state index contributed by atoms with van der Waals surface area (Å²) in [5.41, 5.74) is 1.83. The summed E-state index contributed by atoms with van der Waals surface area (Å²) in [6.45, 7) is 4.67. The van der Waals surface area contributed by atoms with Crippen LogP contribution in [0.15, 0.2) is 48.7 Å². The number of nitrogens with one attached hydrogen (secondary N) is 1. The molecule has 3 rings (SSSR count). The number of anilines is 1. The summed E-state index contributed by atoms with van der Waals surface area (Å²) in [6.07, 6.45) is 1.63. The lowest BCUT2D eigenvalue weighted by Gasteiger charge is -2.26. The molecule has 3 N–H and O–H groups in total. The van der Waals surface area contributed by atoms with Gasteiger partial charge in [0.25, 0.3) is 0 Å². The highest BCUT2D eigenvalue weighted by Gasteiger charge is 2.20. The van der Waals surface area contributed by atoms with E-state index >= 15 is 0 Å². The Balaban J connectivity index is 1.83. The van der Waals surface area contributed by atoms with Gasteiger partial charge >= 0.3 is 5.97 Å². The average molecular weight is 354 g/mol. The second-order valence-electron chi connectivity index (χ2n) is 6.84. The third-order valence-corrected chi connectivity index (χ3v) is 4.39. The molecular formula is C20H19FN2O3. The number of hydrogen-bond acceptors (Lipinski definition) is 4. The lowest BCUT2D eigenvalue weighted by Crippen LogP contribution is -2.27. The largest absolute Gasteiger partial charge is 0.507 e. The topological polar surface area (TPSA) is 82.5 Å². The Morgan fingerprint density at radius 3 is 2.54 bits per heavy atom. The summed E-state index contributed by atoms with van der Waals surface area (Å²) in [7, 11) is 0. The van der Waals surface area contributed by atoms with Gasteiger partial charge in [-0.1, -0.05) is 26.0 Å². The second kappa shape index (κ2) is 6.63. The van der Waals surface area contributed by atoms with Crippen molar-refractivity contribution in [2.24, 2.45) is 0 Å². The van der Waals surface area contributed by atoms with Crippen LogP contribution < -0.4 is 5.32 Å². The zero-order chi connectivity index (χ0) is 18.9. The molecule has 0 fully saturated rings. The average Bonchev–Trinajstić information content (AvgIpc) is 2.59. The maximum atomic E-state index is 13.1. The van der Waals surface area contributed by atoms with E-state index in [0.717, 1.165) is 11.3 Å². The minimum Gasteiger partial charge on any atom is -0.507 e. The van der Waals surface area contributed by atoms with Crippen LogP contribution in [-0.4, -0.2) is 27.7 Å². The molecule has 0 aliphatic heterocycles. The molecule has 0 amide bonds. The SMILES string of the molecule is CC(C)(CNc1cnc2cc(O)c(C(=O)O)cc2c1)c1ccc(F)cc1. The molecule has 3 aromatic rings. The number of fused-ring (bicyclic) bond motifs is 1. The van der Waals surface area contributed by atoms with Crippen LogP contribution in [0.3, 0.4) is 0 Å². The van der Waals surface area contributed by atoms with Gasteiger partial charge in [0.1, 0.15) is 17.1 Å². The van der Waals surface area contributed by atoms with E-state index in [4.69, 9.17) is 5.11 Å². The molecule has 2 aromatic carbocycles. The van der Waals surface area contributed by atoms with Crippen molar-refractivity contribution in [3.8, 4) is 5.75 Å². The van der Waals surface area contributed by atoms with E-state index in [1.54, 1.807) is 24.4 Å². The fourth-order valence-corrected chi connectivity index (χ4v) is 2.76. The molecule has 0 atom stereocenters. The number of carboxylic acid groups (broad SMARTS) is 1. The maximum absolute atomic E-state index is 13.1. The molecule has 0 aliphatic carbocycles. The third kappa shape index (κ3) is 3.59. The van der Waals surface area contributed by atoms with E-state index in [-0.39, 0.29) is 22.5 Å². The smallest absolute Gasteiger partial charge is 0.339 e. The molecule has 0 spiro atoms. The second-order valence-corrected chi connectivity index (χ2v) is 6.84. The number of phenols is 1. The number of nitrogens with zero attached hydrogens (tertiary/aromatic N) is 1. The predicted molar refractivity (Wildman–Crippen MR) is 98.3 cm³/mol. The number of aromatic hydroxyl groups is 1. The minimum atomic E-state index is -1.19. The van der Waals surface area contributed by atoms with E-state index in [2.05, 4.69) is 10.3 Å². The fourth-order valence-electron chi connectivity index (χ4n) is 2.76. The van der Waals surface area contributed by atoms with Crippen LogP contribution >= 0.6 is 0 Å². The van der Waals surface area contributed by atoms with Gasteiger partial charge in [0.05, 0.1) is 17.4 Å². The Bertz CT molecular complexity index is 969. The van der Waals surface area contributed by atoms with E-state index in [9.17, 15) is 14.3 Å². The van der Waals surface area contributed by atoms with E-state index < -0.39 is 5.97 Å². The van der Waals surface area contributed by atoms with Gasteiger partial charge in [-0.05, 0) is 29.8 Å². The van der Waals surface area contributed by atoms with E-state index in [0.29, 0.717) is 17.4 Å². The molecule has 5 nitrogen and oxygen atoms in total. The number of carboxylic acids is 1. The molecule has 1 aromatic heterocycles. The normalized spacial score (nSPS) is 11.5. The van der Waals surface area contributed by atoms with Gasteiger partial charge in [0, 0.05) is 23.4 Å². The van der Waals surface area contributed by atoms with Gasteiger partial charge in [-0.15, -0.1) is 0 Å². The first kappa shape index (κ1) is 17.7. The van der Waals surface area contributed by atoms with Crippen LogP contribution in [0.5, 0.6) is 5.75 Å². The summed E-state index contributed by atoms with van der Waals surface area (Å²) in [4.78, 5) is 15.4. The van der Waals surface area contributed by atoms with Crippen LogP contribution in [0.4, 0.5) is 10.1 Å². The van der Waals surface area contributed by atoms with E-state index in [1.165, 1.54) is 24.3 Å². The molecule has 0 unspecified atom stereocenters. The Kier molecular flexibility index (Phi) is 4.50. The fraction of sp³-hybridized carbons (Fsp3) is 0.200. The van der Waals surface area contributed by atoms with Gasteiger partial charge in [0.15, 0.2) is 0 Å². The van der Waals surface area contributed by atoms with Crippen molar-refractivity contribution < 1.29 is 19.4 Å². The Hall–Kier alpha value is -3.15. The number of pyridine rings is 1. The summed E-state index contributed by atoms with van der Waals surface area (Å²) >= 11 is 0. The van der Waals surface area contributed by atoms with Gasteiger partial charge in [-0.2, -0.15) is 0 Å². The molecule has 1 heterocycles. The molecule has 0 aliphatic rings. The van der Waals surface area contributed by atoms with Crippen molar-refractivity contribution in [2.45, 2.75) is 19.3 Å². The van der Waals surface area contributed by atoms with Crippen molar-refractivity contribution in [3.05, 3.63) is 65.6 Å². The first-order chi connectivity index (χ1) is 12.3. The predicted octanol–water partition coefficient (Wildman–Crippen LogP) is 4.17. The Morgan fingerprint density at radius 2 is 1.88 bits per heavy atom. The number of aromatic nitrogens is 1. The molecule has 134 valence electrons. The minimum absolute atomic E-state index is 0.164. The molecule has 0 saturated heterocycles. The van der Waals surface area contributed by atoms with Crippen molar-refractivity contribution in [2.75, 3.05) is 11.9 Å². The van der Waals surface area contributed by atoms with Crippen LogP contribution in [0, 0.1) is 5.82 Å². The molecule has 6 heteroatoms. The molecule has 26 heavy (non-hydrogen) atoms. The summed E-state index contributed by atoms with van der Waals surface area (Å²) < 4.78 is 13.1. The number of hydrogen-bond donors (Lipinski definition) is 3. The van der Waals surface area contributed by atoms with Crippen molar-refractivity contribution in [1.29, 1.82) is 0 Å². The van der Waals surface area contributed by atoms with E-state index in [1.807, 2.05) is 13.8 Å². The first-order valence-corrected chi connectivity index (χ1v) is 8.12. The highest BCUT2D eigenvalue weighted by molar-refractivity contribution is 5.97. The molecular weight excluding hydrogens is 335 g/mol.